The molecule has 3 heterocycles. The number of nitrogens with zero attached hydrogens (tertiary/aromatic N) is 3. The first-order valence-corrected chi connectivity index (χ1v) is 9.01. The molecule has 4 rings (SSSR count). The van der Waals surface area contributed by atoms with E-state index >= 15 is 0 Å². The van der Waals surface area contributed by atoms with Crippen LogP contribution in [-0.4, -0.2) is 21.2 Å². The van der Waals surface area contributed by atoms with Gasteiger partial charge in [0.2, 0.25) is 0 Å². The maximum atomic E-state index is 12.6. The summed E-state index contributed by atoms with van der Waals surface area (Å²) in [5, 5.41) is 10.8. The average Bonchev–Trinajstić information content (AvgIpc) is 3.32. The Kier molecular flexibility index (Phi) is 4.40. The summed E-state index contributed by atoms with van der Waals surface area (Å²) >= 11 is 7.51. The number of pyridine rings is 1. The number of esters is 1. The molecule has 0 bridgehead atoms. The molecule has 0 saturated carbocycles. The van der Waals surface area contributed by atoms with Crippen molar-refractivity contribution in [2.24, 2.45) is 0 Å². The molecular weight excluding hydrogens is 374 g/mol. The van der Waals surface area contributed by atoms with Crippen molar-refractivity contribution in [2.75, 3.05) is 0 Å². The maximum absolute atomic E-state index is 12.6. The van der Waals surface area contributed by atoms with Gasteiger partial charge in [-0.05, 0) is 30.5 Å². The van der Waals surface area contributed by atoms with Crippen molar-refractivity contribution in [1.82, 2.24) is 15.2 Å². The van der Waals surface area contributed by atoms with Crippen molar-refractivity contribution >= 4 is 39.8 Å². The number of carbonyl (C=O) groups excluding carboxylic acids is 1. The highest BCUT2D eigenvalue weighted by Crippen LogP contribution is 2.27. The lowest BCUT2D eigenvalue weighted by atomic mass is 10.1. The topological polar surface area (TPSA) is 78.1 Å². The molecule has 0 N–H and O–H groups in total. The second-order valence-electron chi connectivity index (χ2n) is 5.48. The fourth-order valence-corrected chi connectivity index (χ4v) is 3.33. The molecule has 1 unspecified atom stereocenters. The number of rotatable bonds is 4. The van der Waals surface area contributed by atoms with Gasteiger partial charge in [-0.15, -0.1) is 21.5 Å². The van der Waals surface area contributed by atoms with Gasteiger partial charge in [-0.2, -0.15) is 0 Å². The SMILES string of the molecule is CC(OC(=O)c1cc(Cl)nc2ccccc12)c1nnc(-c2cccs2)o1. The summed E-state index contributed by atoms with van der Waals surface area (Å²) in [6.07, 6.45) is -0.700. The lowest BCUT2D eigenvalue weighted by molar-refractivity contribution is 0.0282. The number of thiophene rings is 1. The summed E-state index contributed by atoms with van der Waals surface area (Å²) in [4.78, 5) is 17.7. The van der Waals surface area contributed by atoms with Crippen molar-refractivity contribution in [1.29, 1.82) is 0 Å². The molecule has 0 radical (unpaired) electrons. The Balaban J connectivity index is 1.59. The molecule has 0 fully saturated rings. The van der Waals surface area contributed by atoms with E-state index in [1.807, 2.05) is 29.6 Å². The first-order chi connectivity index (χ1) is 12.6. The standard InChI is InChI=1S/C18H12ClN3O3S/c1-10(16-21-22-17(25-16)14-7-4-8-26-14)24-18(23)12-9-15(19)20-13-6-3-2-5-11(12)13/h2-10H,1H3. The van der Waals surface area contributed by atoms with Crippen LogP contribution in [0, 0.1) is 0 Å². The highest BCUT2D eigenvalue weighted by molar-refractivity contribution is 7.13. The first kappa shape index (κ1) is 16.7. The Morgan fingerprint density at radius 1 is 1.23 bits per heavy atom. The zero-order chi connectivity index (χ0) is 18.1. The molecule has 6 nitrogen and oxygen atoms in total. The molecule has 0 aliphatic heterocycles. The minimum atomic E-state index is -0.700. The summed E-state index contributed by atoms with van der Waals surface area (Å²) in [5.41, 5.74) is 0.961. The molecule has 0 aliphatic carbocycles. The van der Waals surface area contributed by atoms with Gasteiger partial charge >= 0.3 is 5.97 Å². The molecule has 3 aromatic heterocycles. The Labute approximate surface area is 157 Å². The number of carbonyl (C=O) groups is 1. The molecular formula is C18H12ClN3O3S. The van der Waals surface area contributed by atoms with Gasteiger partial charge in [0.1, 0.15) is 5.15 Å². The van der Waals surface area contributed by atoms with E-state index in [0.717, 1.165) is 4.88 Å². The van der Waals surface area contributed by atoms with Gasteiger partial charge in [0.15, 0.2) is 6.10 Å². The molecule has 0 saturated heterocycles. The van der Waals surface area contributed by atoms with Gasteiger partial charge in [-0.3, -0.25) is 0 Å². The third-order valence-electron chi connectivity index (χ3n) is 3.71. The average molecular weight is 386 g/mol. The number of fused-ring (bicyclic) bond motifs is 1. The number of hydrogen-bond acceptors (Lipinski definition) is 7. The van der Waals surface area contributed by atoms with Crippen molar-refractivity contribution in [3.63, 3.8) is 0 Å². The molecule has 1 aromatic carbocycles. The van der Waals surface area contributed by atoms with Crippen molar-refractivity contribution in [3.05, 3.63) is 64.5 Å². The van der Waals surface area contributed by atoms with E-state index in [1.54, 1.807) is 19.1 Å². The Hall–Kier alpha value is -2.77. The molecule has 26 heavy (non-hydrogen) atoms. The molecule has 4 aromatic rings. The fourth-order valence-electron chi connectivity index (χ4n) is 2.49. The minimum Gasteiger partial charge on any atom is -0.449 e. The summed E-state index contributed by atoms with van der Waals surface area (Å²) in [6, 6.07) is 12.5. The largest absolute Gasteiger partial charge is 0.449 e. The van der Waals surface area contributed by atoms with E-state index < -0.39 is 12.1 Å². The lowest BCUT2D eigenvalue weighted by Crippen LogP contribution is -2.10. The third kappa shape index (κ3) is 3.18. The normalized spacial score (nSPS) is 12.2. The van der Waals surface area contributed by atoms with Gasteiger partial charge in [0.25, 0.3) is 11.8 Å². The lowest BCUT2D eigenvalue weighted by Gasteiger charge is -2.11. The van der Waals surface area contributed by atoms with Crippen LogP contribution < -0.4 is 0 Å². The smallest absolute Gasteiger partial charge is 0.339 e. The predicted molar refractivity (Wildman–Crippen MR) is 98.2 cm³/mol. The minimum absolute atomic E-state index is 0.223. The number of ether oxygens (including phenoxy) is 1. The molecule has 0 aliphatic rings. The van der Waals surface area contributed by atoms with E-state index in [1.165, 1.54) is 17.4 Å². The maximum Gasteiger partial charge on any atom is 0.339 e. The van der Waals surface area contributed by atoms with Gasteiger partial charge in [0, 0.05) is 5.39 Å². The number of benzene rings is 1. The number of aromatic nitrogens is 3. The summed E-state index contributed by atoms with van der Waals surface area (Å²) in [7, 11) is 0. The van der Waals surface area contributed by atoms with Crippen LogP contribution >= 0.6 is 22.9 Å². The van der Waals surface area contributed by atoms with Gasteiger partial charge in [0.05, 0.1) is 16.0 Å². The van der Waals surface area contributed by atoms with E-state index in [4.69, 9.17) is 20.8 Å². The zero-order valence-electron chi connectivity index (χ0n) is 13.5. The van der Waals surface area contributed by atoms with Crippen LogP contribution in [-0.2, 0) is 4.74 Å². The van der Waals surface area contributed by atoms with Crippen LogP contribution in [0.3, 0.4) is 0 Å². The predicted octanol–water partition coefficient (Wildman–Crippen LogP) is 4.92. The first-order valence-electron chi connectivity index (χ1n) is 7.75. The number of halogens is 1. The van der Waals surface area contributed by atoms with Crippen LogP contribution in [0.5, 0.6) is 0 Å². The fraction of sp³-hybridized carbons (Fsp3) is 0.111. The van der Waals surface area contributed by atoms with Crippen molar-refractivity contribution in [2.45, 2.75) is 13.0 Å². The second kappa shape index (κ2) is 6.86. The van der Waals surface area contributed by atoms with E-state index in [2.05, 4.69) is 15.2 Å². The summed E-state index contributed by atoms with van der Waals surface area (Å²) < 4.78 is 11.1. The van der Waals surface area contributed by atoms with Gasteiger partial charge < -0.3 is 9.15 Å². The van der Waals surface area contributed by atoms with Crippen molar-refractivity contribution in [3.8, 4) is 10.8 Å². The van der Waals surface area contributed by atoms with E-state index in [9.17, 15) is 4.79 Å². The van der Waals surface area contributed by atoms with Gasteiger partial charge in [-0.25, -0.2) is 9.78 Å². The summed E-state index contributed by atoms with van der Waals surface area (Å²) in [5.74, 6) is 0.0930. The van der Waals surface area contributed by atoms with Crippen LogP contribution in [0.1, 0.15) is 29.3 Å². The summed E-state index contributed by atoms with van der Waals surface area (Å²) in [6.45, 7) is 1.68. The van der Waals surface area contributed by atoms with Crippen LogP contribution in [0.25, 0.3) is 21.7 Å². The number of para-hydroxylation sites is 1. The number of hydrogen-bond donors (Lipinski definition) is 0. The molecule has 130 valence electrons. The van der Waals surface area contributed by atoms with Crippen LogP contribution in [0.15, 0.2) is 52.3 Å². The highest BCUT2D eigenvalue weighted by atomic mass is 35.5. The van der Waals surface area contributed by atoms with Gasteiger partial charge in [-0.1, -0.05) is 35.9 Å². The van der Waals surface area contributed by atoms with E-state index in [0.29, 0.717) is 22.4 Å². The molecule has 8 heteroatoms. The molecule has 1 atom stereocenters. The molecule has 0 spiro atoms. The van der Waals surface area contributed by atoms with Crippen LogP contribution in [0.4, 0.5) is 0 Å². The van der Waals surface area contributed by atoms with Crippen LogP contribution in [0.2, 0.25) is 5.15 Å². The highest BCUT2D eigenvalue weighted by Gasteiger charge is 2.22. The molecule has 0 amide bonds. The Morgan fingerprint density at radius 2 is 2.08 bits per heavy atom. The third-order valence-corrected chi connectivity index (χ3v) is 4.76. The Bertz CT molecular complexity index is 1080. The monoisotopic (exact) mass is 385 g/mol. The second-order valence-corrected chi connectivity index (χ2v) is 6.81. The van der Waals surface area contributed by atoms with E-state index in [-0.39, 0.29) is 11.0 Å². The zero-order valence-corrected chi connectivity index (χ0v) is 15.1. The van der Waals surface area contributed by atoms with Crippen molar-refractivity contribution < 1.29 is 13.9 Å². The quantitative estimate of drug-likeness (QED) is 0.366. The Morgan fingerprint density at radius 3 is 2.88 bits per heavy atom.